The molecular weight excluding hydrogens is 242 g/mol. The van der Waals surface area contributed by atoms with Crippen molar-refractivity contribution in [3.8, 4) is 0 Å². The number of carbonyl (C=O) groups is 2. The van der Waals surface area contributed by atoms with Gasteiger partial charge in [-0.25, -0.2) is 0 Å². The van der Waals surface area contributed by atoms with Gasteiger partial charge in [0, 0.05) is 25.2 Å². The van der Waals surface area contributed by atoms with Gasteiger partial charge in [0.2, 0.25) is 11.8 Å². The molecule has 1 aliphatic rings. The second-order valence-electron chi connectivity index (χ2n) is 4.89. The van der Waals surface area contributed by atoms with Gasteiger partial charge in [-0.1, -0.05) is 12.1 Å². The monoisotopic (exact) mass is 261 g/mol. The Morgan fingerprint density at radius 3 is 2.63 bits per heavy atom. The Balaban J connectivity index is 1.94. The molecule has 1 aromatic rings. The lowest BCUT2D eigenvalue weighted by Crippen LogP contribution is -2.32. The van der Waals surface area contributed by atoms with Gasteiger partial charge < -0.3 is 16.0 Å². The SMILES string of the molecule is C[C@@H](N)C(=O)Nc1ccc(CN2CCCC2=O)cc1. The number of nitrogens with zero attached hydrogens (tertiary/aromatic N) is 1. The molecule has 0 saturated carbocycles. The van der Waals surface area contributed by atoms with Crippen LogP contribution in [0.3, 0.4) is 0 Å². The Morgan fingerprint density at radius 1 is 1.42 bits per heavy atom. The summed E-state index contributed by atoms with van der Waals surface area (Å²) in [6.45, 7) is 3.12. The molecule has 0 spiro atoms. The van der Waals surface area contributed by atoms with Crippen LogP contribution in [0.4, 0.5) is 5.69 Å². The van der Waals surface area contributed by atoms with Crippen molar-refractivity contribution < 1.29 is 9.59 Å². The van der Waals surface area contributed by atoms with Crippen molar-refractivity contribution >= 4 is 17.5 Å². The number of anilines is 1. The Morgan fingerprint density at radius 2 is 2.11 bits per heavy atom. The molecule has 19 heavy (non-hydrogen) atoms. The summed E-state index contributed by atoms with van der Waals surface area (Å²) in [4.78, 5) is 24.8. The lowest BCUT2D eigenvalue weighted by Gasteiger charge is -2.15. The summed E-state index contributed by atoms with van der Waals surface area (Å²) in [5, 5.41) is 2.73. The average Bonchev–Trinajstić information content (AvgIpc) is 2.77. The molecule has 0 aliphatic carbocycles. The van der Waals surface area contributed by atoms with E-state index in [4.69, 9.17) is 5.73 Å². The highest BCUT2D eigenvalue weighted by atomic mass is 16.2. The van der Waals surface area contributed by atoms with E-state index in [2.05, 4.69) is 5.32 Å². The highest BCUT2D eigenvalue weighted by Gasteiger charge is 2.19. The van der Waals surface area contributed by atoms with Gasteiger partial charge in [0.15, 0.2) is 0 Å². The predicted octanol–water partition coefficient (Wildman–Crippen LogP) is 1.09. The van der Waals surface area contributed by atoms with Crippen LogP contribution in [0.15, 0.2) is 24.3 Å². The molecule has 0 radical (unpaired) electrons. The Labute approximate surface area is 112 Å². The van der Waals surface area contributed by atoms with Gasteiger partial charge in [0.05, 0.1) is 6.04 Å². The normalized spacial score (nSPS) is 16.5. The highest BCUT2D eigenvalue weighted by Crippen LogP contribution is 2.16. The average molecular weight is 261 g/mol. The van der Waals surface area contributed by atoms with E-state index in [1.807, 2.05) is 29.2 Å². The lowest BCUT2D eigenvalue weighted by molar-refractivity contribution is -0.128. The fourth-order valence-corrected chi connectivity index (χ4v) is 2.04. The molecule has 1 aromatic carbocycles. The maximum absolute atomic E-state index is 11.5. The number of benzene rings is 1. The standard InChI is InChI=1S/C14H19N3O2/c1-10(15)14(19)16-12-6-4-11(5-7-12)9-17-8-2-3-13(17)18/h4-7,10H,2-3,8-9,15H2,1H3,(H,16,19)/t10-/m1/s1. The molecular formula is C14H19N3O2. The number of likely N-dealkylation sites (tertiary alicyclic amines) is 1. The predicted molar refractivity (Wildman–Crippen MR) is 73.4 cm³/mol. The molecule has 2 amide bonds. The van der Waals surface area contributed by atoms with Crippen molar-refractivity contribution in [1.82, 2.24) is 4.90 Å². The van der Waals surface area contributed by atoms with Crippen LogP contribution < -0.4 is 11.1 Å². The Kier molecular flexibility index (Phi) is 4.16. The Bertz CT molecular complexity index is 468. The Hall–Kier alpha value is -1.88. The number of hydrogen-bond donors (Lipinski definition) is 2. The molecule has 1 aliphatic heterocycles. The molecule has 1 heterocycles. The summed E-state index contributed by atoms with van der Waals surface area (Å²) in [6.07, 6.45) is 1.60. The van der Waals surface area contributed by atoms with Crippen LogP contribution in [0.1, 0.15) is 25.3 Å². The molecule has 1 saturated heterocycles. The number of hydrogen-bond acceptors (Lipinski definition) is 3. The summed E-state index contributed by atoms with van der Waals surface area (Å²) >= 11 is 0. The number of rotatable bonds is 4. The van der Waals surface area contributed by atoms with Gasteiger partial charge in [0.25, 0.3) is 0 Å². The molecule has 5 heteroatoms. The van der Waals surface area contributed by atoms with Gasteiger partial charge in [-0.2, -0.15) is 0 Å². The zero-order chi connectivity index (χ0) is 13.8. The largest absolute Gasteiger partial charge is 0.338 e. The summed E-state index contributed by atoms with van der Waals surface area (Å²) in [5.41, 5.74) is 7.27. The maximum Gasteiger partial charge on any atom is 0.240 e. The number of amides is 2. The van der Waals surface area contributed by atoms with E-state index >= 15 is 0 Å². The van der Waals surface area contributed by atoms with Gasteiger partial charge in [-0.15, -0.1) is 0 Å². The van der Waals surface area contributed by atoms with Crippen molar-refractivity contribution in [1.29, 1.82) is 0 Å². The van der Waals surface area contributed by atoms with Crippen LogP contribution in [0.25, 0.3) is 0 Å². The zero-order valence-electron chi connectivity index (χ0n) is 11.1. The summed E-state index contributed by atoms with van der Waals surface area (Å²) < 4.78 is 0. The van der Waals surface area contributed by atoms with Gasteiger partial charge in [-0.3, -0.25) is 9.59 Å². The first-order chi connectivity index (χ1) is 9.06. The second kappa shape index (κ2) is 5.84. The van der Waals surface area contributed by atoms with E-state index in [9.17, 15) is 9.59 Å². The molecule has 102 valence electrons. The first-order valence-corrected chi connectivity index (χ1v) is 6.49. The zero-order valence-corrected chi connectivity index (χ0v) is 11.1. The van der Waals surface area contributed by atoms with E-state index in [-0.39, 0.29) is 11.8 Å². The van der Waals surface area contributed by atoms with Crippen LogP contribution in [0.2, 0.25) is 0 Å². The number of nitrogens with one attached hydrogen (secondary N) is 1. The summed E-state index contributed by atoms with van der Waals surface area (Å²) in [6, 6.07) is 6.97. The van der Waals surface area contributed by atoms with Gasteiger partial charge in [0.1, 0.15) is 0 Å². The molecule has 5 nitrogen and oxygen atoms in total. The quantitative estimate of drug-likeness (QED) is 0.852. The van der Waals surface area contributed by atoms with E-state index in [0.29, 0.717) is 13.0 Å². The molecule has 1 atom stereocenters. The molecule has 1 fully saturated rings. The van der Waals surface area contributed by atoms with Crippen molar-refractivity contribution in [2.24, 2.45) is 5.73 Å². The highest BCUT2D eigenvalue weighted by molar-refractivity contribution is 5.94. The van der Waals surface area contributed by atoms with E-state index in [1.165, 1.54) is 0 Å². The third kappa shape index (κ3) is 3.54. The van der Waals surface area contributed by atoms with Crippen LogP contribution in [0, 0.1) is 0 Å². The second-order valence-corrected chi connectivity index (χ2v) is 4.89. The van der Waals surface area contributed by atoms with Crippen molar-refractivity contribution in [2.45, 2.75) is 32.4 Å². The van der Waals surface area contributed by atoms with Crippen LogP contribution in [-0.2, 0) is 16.1 Å². The molecule has 0 unspecified atom stereocenters. The molecule has 0 bridgehead atoms. The van der Waals surface area contributed by atoms with Gasteiger partial charge in [-0.05, 0) is 31.0 Å². The van der Waals surface area contributed by atoms with Crippen molar-refractivity contribution in [3.63, 3.8) is 0 Å². The number of nitrogens with two attached hydrogens (primary N) is 1. The van der Waals surface area contributed by atoms with E-state index < -0.39 is 6.04 Å². The van der Waals surface area contributed by atoms with Crippen LogP contribution >= 0.6 is 0 Å². The van der Waals surface area contributed by atoms with Crippen molar-refractivity contribution in [2.75, 3.05) is 11.9 Å². The smallest absolute Gasteiger partial charge is 0.240 e. The summed E-state index contributed by atoms with van der Waals surface area (Å²) in [5.74, 6) is 0.0109. The minimum atomic E-state index is -0.526. The molecule has 2 rings (SSSR count). The lowest BCUT2D eigenvalue weighted by atomic mass is 10.2. The fraction of sp³-hybridized carbons (Fsp3) is 0.429. The summed E-state index contributed by atoms with van der Waals surface area (Å²) in [7, 11) is 0. The fourth-order valence-electron chi connectivity index (χ4n) is 2.04. The first-order valence-electron chi connectivity index (χ1n) is 6.49. The molecule has 3 N–H and O–H groups in total. The third-order valence-electron chi connectivity index (χ3n) is 3.18. The maximum atomic E-state index is 11.5. The van der Waals surface area contributed by atoms with Crippen molar-refractivity contribution in [3.05, 3.63) is 29.8 Å². The molecule has 0 aromatic heterocycles. The first kappa shape index (κ1) is 13.5. The van der Waals surface area contributed by atoms with E-state index in [0.717, 1.165) is 24.2 Å². The van der Waals surface area contributed by atoms with E-state index in [1.54, 1.807) is 6.92 Å². The minimum Gasteiger partial charge on any atom is -0.338 e. The van der Waals surface area contributed by atoms with Gasteiger partial charge >= 0.3 is 0 Å². The topological polar surface area (TPSA) is 75.4 Å². The third-order valence-corrected chi connectivity index (χ3v) is 3.18. The minimum absolute atomic E-state index is 0.206. The van der Waals surface area contributed by atoms with Crippen LogP contribution in [-0.4, -0.2) is 29.3 Å². The van der Waals surface area contributed by atoms with Crippen LogP contribution in [0.5, 0.6) is 0 Å². The number of carbonyl (C=O) groups excluding carboxylic acids is 2.